The van der Waals surface area contributed by atoms with Crippen LogP contribution in [0.5, 0.6) is 0 Å². The topological polar surface area (TPSA) is 26.0 Å². The fourth-order valence-corrected chi connectivity index (χ4v) is 0.682. The highest BCUT2D eigenvalue weighted by Gasteiger charge is 1.88. The average molecular weight is 137 g/mol. The minimum Gasteiger partial charge on any atom is -0.399 e. The van der Waals surface area contributed by atoms with Crippen LogP contribution in [-0.4, -0.2) is 0 Å². The highest BCUT2D eigenvalue weighted by Crippen LogP contribution is 2.02. The zero-order valence-electron chi connectivity index (χ0n) is 6.72. The minimum absolute atomic E-state index is 0.803. The van der Waals surface area contributed by atoms with E-state index in [1.807, 2.05) is 13.0 Å². The van der Waals surface area contributed by atoms with E-state index >= 15 is 0 Å². The summed E-state index contributed by atoms with van der Waals surface area (Å²) in [5, 5.41) is 0. The van der Waals surface area contributed by atoms with Crippen molar-refractivity contribution in [2.24, 2.45) is 5.73 Å². The lowest BCUT2D eigenvalue weighted by Gasteiger charge is -1.97. The van der Waals surface area contributed by atoms with Gasteiger partial charge in [-0.25, -0.2) is 0 Å². The van der Waals surface area contributed by atoms with E-state index in [0.29, 0.717) is 0 Å². The molecule has 0 saturated heterocycles. The van der Waals surface area contributed by atoms with Crippen molar-refractivity contribution in [2.75, 3.05) is 0 Å². The maximum absolute atomic E-state index is 5.64. The molecule has 0 saturated carbocycles. The fourth-order valence-electron chi connectivity index (χ4n) is 0.682. The molecule has 1 nitrogen and oxygen atoms in total. The average Bonchev–Trinajstić information content (AvgIpc) is 1.89. The Kier molecular flexibility index (Phi) is 4.38. The lowest BCUT2D eigenvalue weighted by molar-refractivity contribution is 1.16. The van der Waals surface area contributed by atoms with Crippen LogP contribution in [0.2, 0.25) is 0 Å². The van der Waals surface area contributed by atoms with E-state index in [-0.39, 0.29) is 0 Å². The van der Waals surface area contributed by atoms with Crippen LogP contribution in [0.25, 0.3) is 0 Å². The van der Waals surface area contributed by atoms with Gasteiger partial charge in [0.1, 0.15) is 0 Å². The molecular weight excluding hydrogens is 122 g/mol. The molecule has 56 valence electrons. The van der Waals surface area contributed by atoms with Crippen molar-refractivity contribution in [2.45, 2.75) is 20.3 Å². The van der Waals surface area contributed by atoms with Gasteiger partial charge < -0.3 is 5.73 Å². The Hall–Kier alpha value is -0.980. The first-order valence-electron chi connectivity index (χ1n) is 3.47. The Labute approximate surface area is 62.9 Å². The van der Waals surface area contributed by atoms with Gasteiger partial charge in [-0.1, -0.05) is 25.7 Å². The van der Waals surface area contributed by atoms with Crippen molar-refractivity contribution in [3.05, 3.63) is 36.1 Å². The SMILES string of the molecule is C=C/C=C(N)\C(C)=C/CC. The van der Waals surface area contributed by atoms with Gasteiger partial charge >= 0.3 is 0 Å². The third-order valence-corrected chi connectivity index (χ3v) is 1.26. The van der Waals surface area contributed by atoms with E-state index in [1.165, 1.54) is 0 Å². The van der Waals surface area contributed by atoms with Gasteiger partial charge in [0, 0.05) is 5.70 Å². The van der Waals surface area contributed by atoms with Gasteiger partial charge in [-0.3, -0.25) is 0 Å². The molecule has 0 aromatic heterocycles. The Morgan fingerprint density at radius 2 is 2.20 bits per heavy atom. The summed E-state index contributed by atoms with van der Waals surface area (Å²) in [6, 6.07) is 0. The Morgan fingerprint density at radius 1 is 1.60 bits per heavy atom. The number of nitrogens with two attached hydrogens (primary N) is 1. The molecule has 0 atom stereocenters. The second kappa shape index (κ2) is 4.86. The molecule has 0 aromatic rings. The van der Waals surface area contributed by atoms with Crippen molar-refractivity contribution >= 4 is 0 Å². The smallest absolute Gasteiger partial charge is 0.0340 e. The quantitative estimate of drug-likeness (QED) is 0.594. The lowest BCUT2D eigenvalue weighted by atomic mass is 10.2. The molecule has 1 heteroatoms. The van der Waals surface area contributed by atoms with Crippen molar-refractivity contribution in [1.82, 2.24) is 0 Å². The van der Waals surface area contributed by atoms with E-state index in [0.717, 1.165) is 17.7 Å². The third kappa shape index (κ3) is 3.13. The van der Waals surface area contributed by atoms with E-state index in [9.17, 15) is 0 Å². The zero-order chi connectivity index (χ0) is 7.98. The monoisotopic (exact) mass is 137 g/mol. The van der Waals surface area contributed by atoms with Crippen LogP contribution in [0, 0.1) is 0 Å². The van der Waals surface area contributed by atoms with Crippen LogP contribution in [0.3, 0.4) is 0 Å². The molecular formula is C9H15N. The number of rotatable bonds is 3. The van der Waals surface area contributed by atoms with E-state index in [1.54, 1.807) is 6.08 Å². The maximum atomic E-state index is 5.64. The zero-order valence-corrected chi connectivity index (χ0v) is 6.72. The Morgan fingerprint density at radius 3 is 2.60 bits per heavy atom. The van der Waals surface area contributed by atoms with Gasteiger partial charge in [-0.05, 0) is 25.0 Å². The first kappa shape index (κ1) is 9.02. The summed E-state index contributed by atoms with van der Waals surface area (Å²) in [7, 11) is 0. The van der Waals surface area contributed by atoms with Gasteiger partial charge in [-0.2, -0.15) is 0 Å². The number of hydrogen-bond acceptors (Lipinski definition) is 1. The molecule has 0 aromatic carbocycles. The van der Waals surface area contributed by atoms with Crippen LogP contribution in [0.1, 0.15) is 20.3 Å². The van der Waals surface area contributed by atoms with Gasteiger partial charge in [-0.15, -0.1) is 0 Å². The minimum atomic E-state index is 0.803. The Balaban J connectivity index is 4.19. The largest absolute Gasteiger partial charge is 0.399 e. The van der Waals surface area contributed by atoms with Crippen molar-refractivity contribution < 1.29 is 0 Å². The highest BCUT2D eigenvalue weighted by molar-refractivity contribution is 5.28. The molecule has 0 unspecified atom stereocenters. The summed E-state index contributed by atoms with van der Waals surface area (Å²) >= 11 is 0. The predicted molar refractivity (Wildman–Crippen MR) is 46.5 cm³/mol. The van der Waals surface area contributed by atoms with Gasteiger partial charge in [0.2, 0.25) is 0 Å². The summed E-state index contributed by atoms with van der Waals surface area (Å²) < 4.78 is 0. The first-order valence-corrected chi connectivity index (χ1v) is 3.47. The third-order valence-electron chi connectivity index (χ3n) is 1.26. The van der Waals surface area contributed by atoms with Crippen LogP contribution in [0.15, 0.2) is 36.1 Å². The van der Waals surface area contributed by atoms with Gasteiger partial charge in [0.25, 0.3) is 0 Å². The molecule has 0 aliphatic carbocycles. The molecule has 0 heterocycles. The normalized spacial score (nSPS) is 13.4. The van der Waals surface area contributed by atoms with E-state index in [2.05, 4.69) is 19.6 Å². The number of hydrogen-bond donors (Lipinski definition) is 1. The molecule has 0 aliphatic heterocycles. The molecule has 0 aliphatic rings. The summed E-state index contributed by atoms with van der Waals surface area (Å²) in [5.74, 6) is 0. The van der Waals surface area contributed by atoms with E-state index in [4.69, 9.17) is 5.73 Å². The fraction of sp³-hybridized carbons (Fsp3) is 0.333. The molecule has 0 rings (SSSR count). The van der Waals surface area contributed by atoms with Crippen molar-refractivity contribution in [3.8, 4) is 0 Å². The molecule has 0 spiro atoms. The van der Waals surface area contributed by atoms with Crippen LogP contribution < -0.4 is 5.73 Å². The van der Waals surface area contributed by atoms with Crippen LogP contribution in [0.4, 0.5) is 0 Å². The van der Waals surface area contributed by atoms with Gasteiger partial charge in [0.15, 0.2) is 0 Å². The lowest BCUT2D eigenvalue weighted by Crippen LogP contribution is -1.97. The Bertz CT molecular complexity index is 164. The molecule has 0 radical (unpaired) electrons. The summed E-state index contributed by atoms with van der Waals surface area (Å²) in [6.07, 6.45) is 6.62. The molecule has 0 amide bonds. The summed E-state index contributed by atoms with van der Waals surface area (Å²) in [4.78, 5) is 0. The second-order valence-electron chi connectivity index (χ2n) is 2.15. The molecule has 0 fully saturated rings. The number of allylic oxidation sites excluding steroid dienone is 4. The molecule has 10 heavy (non-hydrogen) atoms. The maximum Gasteiger partial charge on any atom is 0.0340 e. The van der Waals surface area contributed by atoms with Gasteiger partial charge in [0.05, 0.1) is 0 Å². The van der Waals surface area contributed by atoms with E-state index < -0.39 is 0 Å². The van der Waals surface area contributed by atoms with Crippen LogP contribution in [-0.2, 0) is 0 Å². The summed E-state index contributed by atoms with van der Waals surface area (Å²) in [6.45, 7) is 7.65. The predicted octanol–water partition coefficient (Wildman–Crippen LogP) is 2.37. The highest BCUT2D eigenvalue weighted by atomic mass is 14.6. The first-order chi connectivity index (χ1) is 4.72. The van der Waals surface area contributed by atoms with Crippen molar-refractivity contribution in [1.29, 1.82) is 0 Å². The molecule has 2 N–H and O–H groups in total. The second-order valence-corrected chi connectivity index (χ2v) is 2.15. The van der Waals surface area contributed by atoms with Crippen molar-refractivity contribution in [3.63, 3.8) is 0 Å². The summed E-state index contributed by atoms with van der Waals surface area (Å²) in [5.41, 5.74) is 7.57. The van der Waals surface area contributed by atoms with Crippen LogP contribution >= 0.6 is 0 Å². The molecule has 0 bridgehead atoms. The standard InChI is InChI=1S/C9H15N/c1-4-6-8(3)9(10)7-5-2/h5-7H,2,4,10H2,1,3H3/b8-6-,9-7+.